The quantitative estimate of drug-likeness (QED) is 0.701. The standard InChI is InChI=1S/C21H30N6O.2ClH/c28-21(20-16-27(25-24-20)19-6-10-22-11-7-19)23-14-17-8-12-26(13-9-17)15-18-4-2-1-3-5-18;;/h1-5,16-17,19,22H,6-15H2,(H,23,28);2*1H. The van der Waals surface area contributed by atoms with E-state index in [1.54, 1.807) is 6.20 Å². The first-order valence-electron chi connectivity index (χ1n) is 10.4. The SMILES string of the molecule is Cl.Cl.O=C(NCC1CCN(Cc2ccccc2)CC1)c1cn(C2CCNCC2)nn1. The van der Waals surface area contributed by atoms with Crippen LogP contribution in [-0.4, -0.2) is 58.5 Å². The molecule has 0 spiro atoms. The fraction of sp³-hybridized carbons (Fsp3) is 0.571. The number of hydrogen-bond donors (Lipinski definition) is 2. The summed E-state index contributed by atoms with van der Waals surface area (Å²) < 4.78 is 1.86. The average Bonchev–Trinajstić information content (AvgIpc) is 3.25. The molecule has 2 N–H and O–H groups in total. The molecule has 0 radical (unpaired) electrons. The Morgan fingerprint density at radius 3 is 2.47 bits per heavy atom. The Kier molecular flexibility index (Phi) is 10.0. The number of nitrogens with zero attached hydrogens (tertiary/aromatic N) is 4. The number of nitrogens with one attached hydrogen (secondary N) is 2. The summed E-state index contributed by atoms with van der Waals surface area (Å²) >= 11 is 0. The summed E-state index contributed by atoms with van der Waals surface area (Å²) in [5.41, 5.74) is 1.80. The summed E-state index contributed by atoms with van der Waals surface area (Å²) in [6.07, 6.45) is 6.11. The molecule has 4 rings (SSSR count). The van der Waals surface area contributed by atoms with Gasteiger partial charge in [-0.2, -0.15) is 0 Å². The topological polar surface area (TPSA) is 75.1 Å². The van der Waals surface area contributed by atoms with E-state index in [0.29, 0.717) is 17.7 Å². The van der Waals surface area contributed by atoms with Gasteiger partial charge in [0, 0.05) is 13.1 Å². The lowest BCUT2D eigenvalue weighted by Crippen LogP contribution is -2.38. The maximum atomic E-state index is 12.4. The van der Waals surface area contributed by atoms with Gasteiger partial charge in [0.15, 0.2) is 5.69 Å². The fourth-order valence-electron chi connectivity index (χ4n) is 4.15. The summed E-state index contributed by atoms with van der Waals surface area (Å²) in [7, 11) is 0. The van der Waals surface area contributed by atoms with Gasteiger partial charge < -0.3 is 10.6 Å². The van der Waals surface area contributed by atoms with Crippen molar-refractivity contribution in [3.05, 3.63) is 47.8 Å². The minimum absolute atomic E-state index is 0. The zero-order valence-electron chi connectivity index (χ0n) is 17.2. The summed E-state index contributed by atoms with van der Waals surface area (Å²) in [5, 5.41) is 14.7. The first kappa shape index (κ1) is 24.6. The van der Waals surface area contributed by atoms with Crippen LogP contribution in [0.4, 0.5) is 0 Å². The van der Waals surface area contributed by atoms with E-state index in [4.69, 9.17) is 0 Å². The molecule has 1 amide bonds. The van der Waals surface area contributed by atoms with E-state index in [2.05, 4.69) is 56.2 Å². The third-order valence-electron chi connectivity index (χ3n) is 5.93. The summed E-state index contributed by atoms with van der Waals surface area (Å²) in [4.78, 5) is 14.9. The average molecular weight is 455 g/mol. The summed E-state index contributed by atoms with van der Waals surface area (Å²) in [6.45, 7) is 5.89. The van der Waals surface area contributed by atoms with Gasteiger partial charge in [0.2, 0.25) is 0 Å². The molecule has 2 saturated heterocycles. The number of carbonyl (C=O) groups excluding carboxylic acids is 1. The van der Waals surface area contributed by atoms with Gasteiger partial charge in [-0.15, -0.1) is 29.9 Å². The van der Waals surface area contributed by atoms with Crippen molar-refractivity contribution < 1.29 is 4.79 Å². The zero-order valence-corrected chi connectivity index (χ0v) is 18.8. The predicted octanol–water partition coefficient (Wildman–Crippen LogP) is 2.69. The van der Waals surface area contributed by atoms with E-state index in [1.807, 2.05) is 4.68 Å². The lowest BCUT2D eigenvalue weighted by atomic mass is 9.96. The molecule has 2 aliphatic rings. The van der Waals surface area contributed by atoms with Gasteiger partial charge >= 0.3 is 0 Å². The molecule has 2 fully saturated rings. The maximum Gasteiger partial charge on any atom is 0.273 e. The van der Waals surface area contributed by atoms with E-state index in [1.165, 1.54) is 5.56 Å². The second-order valence-electron chi connectivity index (χ2n) is 7.98. The highest BCUT2D eigenvalue weighted by Gasteiger charge is 2.22. The van der Waals surface area contributed by atoms with Crippen LogP contribution in [0.25, 0.3) is 0 Å². The molecule has 1 aromatic heterocycles. The molecule has 2 aliphatic heterocycles. The molecular formula is C21H32Cl2N6O. The molecule has 3 heterocycles. The van der Waals surface area contributed by atoms with Crippen LogP contribution in [0.15, 0.2) is 36.5 Å². The number of aromatic nitrogens is 3. The predicted molar refractivity (Wildman–Crippen MR) is 122 cm³/mol. The molecule has 0 bridgehead atoms. The monoisotopic (exact) mass is 454 g/mol. The van der Waals surface area contributed by atoms with Crippen LogP contribution in [0.2, 0.25) is 0 Å². The van der Waals surface area contributed by atoms with Crippen molar-refractivity contribution in [3.8, 4) is 0 Å². The van der Waals surface area contributed by atoms with Crippen LogP contribution >= 0.6 is 24.8 Å². The minimum atomic E-state index is -0.105. The van der Waals surface area contributed by atoms with Crippen molar-refractivity contribution >= 4 is 30.7 Å². The van der Waals surface area contributed by atoms with E-state index in [9.17, 15) is 4.79 Å². The second kappa shape index (κ2) is 12.2. The van der Waals surface area contributed by atoms with Crippen LogP contribution in [0.1, 0.15) is 47.8 Å². The van der Waals surface area contributed by atoms with Gasteiger partial charge in [-0.3, -0.25) is 9.69 Å². The second-order valence-corrected chi connectivity index (χ2v) is 7.98. The van der Waals surface area contributed by atoms with Crippen molar-refractivity contribution in [1.29, 1.82) is 0 Å². The lowest BCUT2D eigenvalue weighted by molar-refractivity contribution is 0.0930. The van der Waals surface area contributed by atoms with Gasteiger partial charge in [-0.05, 0) is 63.3 Å². The van der Waals surface area contributed by atoms with E-state index >= 15 is 0 Å². The van der Waals surface area contributed by atoms with E-state index in [-0.39, 0.29) is 30.7 Å². The van der Waals surface area contributed by atoms with Crippen molar-refractivity contribution in [1.82, 2.24) is 30.5 Å². The largest absolute Gasteiger partial charge is 0.350 e. The van der Waals surface area contributed by atoms with Crippen molar-refractivity contribution in [2.75, 3.05) is 32.7 Å². The molecular weight excluding hydrogens is 423 g/mol. The van der Waals surface area contributed by atoms with Crippen LogP contribution < -0.4 is 10.6 Å². The molecule has 30 heavy (non-hydrogen) atoms. The molecule has 1 aromatic carbocycles. The molecule has 2 aromatic rings. The number of likely N-dealkylation sites (tertiary alicyclic amines) is 1. The molecule has 7 nitrogen and oxygen atoms in total. The first-order valence-corrected chi connectivity index (χ1v) is 10.4. The Bertz CT molecular complexity index is 758. The smallest absolute Gasteiger partial charge is 0.273 e. The zero-order chi connectivity index (χ0) is 19.2. The van der Waals surface area contributed by atoms with Gasteiger partial charge in [0.05, 0.1) is 12.2 Å². The number of halogens is 2. The Hall–Kier alpha value is -1.67. The van der Waals surface area contributed by atoms with Crippen LogP contribution in [0, 0.1) is 5.92 Å². The highest BCUT2D eigenvalue weighted by Crippen LogP contribution is 2.19. The lowest BCUT2D eigenvalue weighted by Gasteiger charge is -2.32. The molecule has 9 heteroatoms. The molecule has 0 atom stereocenters. The third-order valence-corrected chi connectivity index (χ3v) is 5.93. The van der Waals surface area contributed by atoms with Crippen LogP contribution in [0.5, 0.6) is 0 Å². The molecule has 166 valence electrons. The number of rotatable bonds is 6. The Morgan fingerprint density at radius 1 is 1.07 bits per heavy atom. The van der Waals surface area contributed by atoms with Crippen LogP contribution in [-0.2, 0) is 6.54 Å². The third kappa shape index (κ3) is 6.67. The normalized spacial score (nSPS) is 18.3. The first-order chi connectivity index (χ1) is 13.8. The van der Waals surface area contributed by atoms with E-state index in [0.717, 1.165) is 65.0 Å². The molecule has 0 unspecified atom stereocenters. The van der Waals surface area contributed by atoms with Crippen molar-refractivity contribution in [3.63, 3.8) is 0 Å². The Balaban J connectivity index is 0.00000160. The summed E-state index contributed by atoms with van der Waals surface area (Å²) in [5.74, 6) is 0.433. The molecule has 0 saturated carbocycles. The number of hydrogen-bond acceptors (Lipinski definition) is 5. The highest BCUT2D eigenvalue weighted by atomic mass is 35.5. The number of carbonyl (C=O) groups is 1. The van der Waals surface area contributed by atoms with Gasteiger partial charge in [-0.25, -0.2) is 4.68 Å². The van der Waals surface area contributed by atoms with Gasteiger partial charge in [0.1, 0.15) is 0 Å². The highest BCUT2D eigenvalue weighted by molar-refractivity contribution is 5.91. The summed E-state index contributed by atoms with van der Waals surface area (Å²) in [6, 6.07) is 11.0. The number of benzene rings is 1. The van der Waals surface area contributed by atoms with Crippen LogP contribution in [0.3, 0.4) is 0 Å². The maximum absolute atomic E-state index is 12.4. The van der Waals surface area contributed by atoms with Gasteiger partial charge in [-0.1, -0.05) is 35.5 Å². The van der Waals surface area contributed by atoms with Crippen molar-refractivity contribution in [2.24, 2.45) is 5.92 Å². The van der Waals surface area contributed by atoms with Crippen molar-refractivity contribution in [2.45, 2.75) is 38.3 Å². The minimum Gasteiger partial charge on any atom is -0.350 e. The molecule has 0 aliphatic carbocycles. The fourth-order valence-corrected chi connectivity index (χ4v) is 4.15. The van der Waals surface area contributed by atoms with E-state index < -0.39 is 0 Å². The Labute approximate surface area is 190 Å². The number of piperidine rings is 2. The number of amides is 1. The van der Waals surface area contributed by atoms with Gasteiger partial charge in [0.25, 0.3) is 5.91 Å². The Morgan fingerprint density at radius 2 is 1.77 bits per heavy atom.